The van der Waals surface area contributed by atoms with E-state index in [-0.39, 0.29) is 11.4 Å². The Morgan fingerprint density at radius 1 is 1.45 bits per heavy atom. The summed E-state index contributed by atoms with van der Waals surface area (Å²) in [6.45, 7) is 2.56. The fourth-order valence-electron chi connectivity index (χ4n) is 1.63. The van der Waals surface area contributed by atoms with Gasteiger partial charge in [-0.25, -0.2) is 13.4 Å². The van der Waals surface area contributed by atoms with Crippen LogP contribution in [0.25, 0.3) is 0 Å². The summed E-state index contributed by atoms with van der Waals surface area (Å²) >= 11 is 1.21. The zero-order valence-electron chi connectivity index (χ0n) is 10.9. The molecule has 6 nitrogen and oxygen atoms in total. The Morgan fingerprint density at radius 3 is 2.85 bits per heavy atom. The van der Waals surface area contributed by atoms with Crippen LogP contribution in [0.15, 0.2) is 34.7 Å². The van der Waals surface area contributed by atoms with Crippen LogP contribution in [0.2, 0.25) is 0 Å². The van der Waals surface area contributed by atoms with Crippen LogP contribution >= 0.6 is 11.3 Å². The van der Waals surface area contributed by atoms with E-state index in [0.717, 1.165) is 0 Å². The van der Waals surface area contributed by atoms with Crippen molar-refractivity contribution in [2.75, 3.05) is 11.3 Å². The van der Waals surface area contributed by atoms with E-state index in [0.29, 0.717) is 23.1 Å². The normalized spacial score (nSPS) is 11.3. The van der Waals surface area contributed by atoms with Crippen LogP contribution in [0.4, 0.5) is 5.13 Å². The van der Waals surface area contributed by atoms with Crippen LogP contribution in [0.1, 0.15) is 12.5 Å². The van der Waals surface area contributed by atoms with Crippen LogP contribution in [-0.4, -0.2) is 20.0 Å². The van der Waals surface area contributed by atoms with E-state index in [2.05, 4.69) is 9.71 Å². The van der Waals surface area contributed by atoms with Gasteiger partial charge in [-0.3, -0.25) is 4.72 Å². The lowest BCUT2D eigenvalue weighted by molar-refractivity contribution is 0.336. The smallest absolute Gasteiger partial charge is 0.263 e. The molecule has 0 saturated heterocycles. The second-order valence-corrected chi connectivity index (χ2v) is 6.43. The van der Waals surface area contributed by atoms with E-state index in [9.17, 15) is 8.42 Å². The largest absolute Gasteiger partial charge is 0.494 e. The van der Waals surface area contributed by atoms with Gasteiger partial charge in [0.05, 0.1) is 11.5 Å². The third-order valence-electron chi connectivity index (χ3n) is 2.52. The second kappa shape index (κ2) is 6.21. The number of aromatic nitrogens is 1. The second-order valence-electron chi connectivity index (χ2n) is 3.85. The Hall–Kier alpha value is -1.64. The molecule has 2 rings (SSSR count). The van der Waals surface area contributed by atoms with E-state index < -0.39 is 10.0 Å². The number of hydrogen-bond acceptors (Lipinski definition) is 6. The number of nitrogens with one attached hydrogen (secondary N) is 1. The van der Waals surface area contributed by atoms with Crippen molar-refractivity contribution in [2.45, 2.75) is 18.4 Å². The van der Waals surface area contributed by atoms with Gasteiger partial charge in [-0.05, 0) is 25.1 Å². The lowest BCUT2D eigenvalue weighted by Gasteiger charge is -2.11. The lowest BCUT2D eigenvalue weighted by atomic mass is 10.2. The minimum absolute atomic E-state index is 0.136. The Labute approximate surface area is 121 Å². The first-order valence-corrected chi connectivity index (χ1v) is 8.31. The molecule has 108 valence electrons. The summed E-state index contributed by atoms with van der Waals surface area (Å²) in [6.07, 6.45) is 1.53. The van der Waals surface area contributed by atoms with Crippen molar-refractivity contribution in [2.24, 2.45) is 5.73 Å². The quantitative estimate of drug-likeness (QED) is 0.848. The van der Waals surface area contributed by atoms with Crippen molar-refractivity contribution in [1.82, 2.24) is 4.98 Å². The predicted octanol–water partition coefficient (Wildman–Crippen LogP) is 1.80. The predicted molar refractivity (Wildman–Crippen MR) is 78.4 cm³/mol. The fourth-order valence-corrected chi connectivity index (χ4v) is 3.47. The average Bonchev–Trinajstić information content (AvgIpc) is 2.91. The van der Waals surface area contributed by atoms with E-state index in [1.165, 1.54) is 29.7 Å². The Kier molecular flexibility index (Phi) is 4.58. The standard InChI is InChI=1S/C12H15N3O3S2/c1-2-18-11-4-3-10(7-9(11)8-13)20(16,17)15-12-14-5-6-19-12/h3-7H,2,8,13H2,1H3,(H,14,15). The van der Waals surface area contributed by atoms with E-state index in [4.69, 9.17) is 10.5 Å². The van der Waals surface area contributed by atoms with Gasteiger partial charge in [0.15, 0.2) is 5.13 Å². The van der Waals surface area contributed by atoms with Gasteiger partial charge < -0.3 is 10.5 Å². The van der Waals surface area contributed by atoms with Gasteiger partial charge in [0.2, 0.25) is 0 Å². The number of thiazole rings is 1. The van der Waals surface area contributed by atoms with Gasteiger partial charge in [-0.1, -0.05) is 0 Å². The number of sulfonamides is 1. The number of anilines is 1. The number of nitrogens with two attached hydrogens (primary N) is 1. The maximum absolute atomic E-state index is 12.2. The highest BCUT2D eigenvalue weighted by molar-refractivity contribution is 7.93. The Morgan fingerprint density at radius 2 is 2.25 bits per heavy atom. The van der Waals surface area contributed by atoms with Gasteiger partial charge in [0.25, 0.3) is 10.0 Å². The van der Waals surface area contributed by atoms with Crippen LogP contribution < -0.4 is 15.2 Å². The van der Waals surface area contributed by atoms with E-state index in [1.54, 1.807) is 11.4 Å². The Bertz CT molecular complexity index is 669. The molecule has 8 heteroatoms. The average molecular weight is 313 g/mol. The number of hydrogen-bond donors (Lipinski definition) is 2. The minimum atomic E-state index is -3.66. The van der Waals surface area contributed by atoms with Crippen molar-refractivity contribution in [1.29, 1.82) is 0 Å². The monoisotopic (exact) mass is 313 g/mol. The summed E-state index contributed by atoms with van der Waals surface area (Å²) in [7, 11) is -3.66. The van der Waals surface area contributed by atoms with Crippen molar-refractivity contribution >= 4 is 26.5 Å². The number of rotatable bonds is 6. The zero-order chi connectivity index (χ0) is 14.6. The molecule has 0 atom stereocenters. The highest BCUT2D eigenvalue weighted by Gasteiger charge is 2.17. The van der Waals surface area contributed by atoms with Gasteiger partial charge >= 0.3 is 0 Å². The molecular weight excluding hydrogens is 298 g/mol. The van der Waals surface area contributed by atoms with Crippen LogP contribution in [0.3, 0.4) is 0 Å². The van der Waals surface area contributed by atoms with Gasteiger partial charge in [-0.2, -0.15) is 0 Å². The number of ether oxygens (including phenoxy) is 1. The van der Waals surface area contributed by atoms with E-state index in [1.807, 2.05) is 6.92 Å². The first kappa shape index (κ1) is 14.8. The molecule has 0 unspecified atom stereocenters. The van der Waals surface area contributed by atoms with E-state index >= 15 is 0 Å². The van der Waals surface area contributed by atoms with Gasteiger partial charge in [0.1, 0.15) is 5.75 Å². The molecule has 0 bridgehead atoms. The molecule has 0 aliphatic heterocycles. The molecular formula is C12H15N3O3S2. The van der Waals surface area contributed by atoms with Crippen molar-refractivity contribution in [3.63, 3.8) is 0 Å². The maximum atomic E-state index is 12.2. The molecule has 0 amide bonds. The summed E-state index contributed by atoms with van der Waals surface area (Å²) in [5, 5.41) is 2.02. The molecule has 20 heavy (non-hydrogen) atoms. The van der Waals surface area contributed by atoms with Crippen molar-refractivity contribution in [3.05, 3.63) is 35.3 Å². The zero-order valence-corrected chi connectivity index (χ0v) is 12.5. The number of benzene rings is 1. The molecule has 0 spiro atoms. The number of nitrogens with zero attached hydrogens (tertiary/aromatic N) is 1. The maximum Gasteiger partial charge on any atom is 0.263 e. The van der Waals surface area contributed by atoms with Crippen LogP contribution in [0, 0.1) is 0 Å². The highest BCUT2D eigenvalue weighted by Crippen LogP contribution is 2.24. The topological polar surface area (TPSA) is 94.3 Å². The minimum Gasteiger partial charge on any atom is -0.494 e. The molecule has 0 aliphatic carbocycles. The molecule has 3 N–H and O–H groups in total. The lowest BCUT2D eigenvalue weighted by Crippen LogP contribution is -2.14. The van der Waals surface area contributed by atoms with Crippen LogP contribution in [-0.2, 0) is 16.6 Å². The van der Waals surface area contributed by atoms with Gasteiger partial charge in [-0.15, -0.1) is 11.3 Å². The first-order chi connectivity index (χ1) is 9.56. The molecule has 2 aromatic rings. The van der Waals surface area contributed by atoms with Gasteiger partial charge in [0, 0.05) is 23.7 Å². The highest BCUT2D eigenvalue weighted by atomic mass is 32.2. The fraction of sp³-hybridized carbons (Fsp3) is 0.250. The first-order valence-electron chi connectivity index (χ1n) is 5.95. The summed E-state index contributed by atoms with van der Waals surface area (Å²) in [4.78, 5) is 4.03. The SMILES string of the molecule is CCOc1ccc(S(=O)(=O)Nc2nccs2)cc1CN. The van der Waals surface area contributed by atoms with Crippen molar-refractivity contribution in [3.8, 4) is 5.75 Å². The molecule has 0 radical (unpaired) electrons. The molecule has 1 heterocycles. The summed E-state index contributed by atoms with van der Waals surface area (Å²) in [5.74, 6) is 0.600. The molecule has 0 saturated carbocycles. The Balaban J connectivity index is 2.32. The molecule has 0 fully saturated rings. The third-order valence-corrected chi connectivity index (χ3v) is 4.67. The summed E-state index contributed by atoms with van der Waals surface area (Å²) in [5.41, 5.74) is 6.27. The third kappa shape index (κ3) is 3.27. The molecule has 1 aromatic carbocycles. The van der Waals surface area contributed by atoms with Crippen LogP contribution in [0.5, 0.6) is 5.75 Å². The molecule has 1 aromatic heterocycles. The summed E-state index contributed by atoms with van der Waals surface area (Å²) in [6, 6.07) is 4.61. The van der Waals surface area contributed by atoms with Crippen molar-refractivity contribution < 1.29 is 13.2 Å². The summed E-state index contributed by atoms with van der Waals surface area (Å²) < 4.78 is 32.2. The molecule has 0 aliphatic rings.